The van der Waals surface area contributed by atoms with Gasteiger partial charge < -0.3 is 15.5 Å². The highest BCUT2D eigenvalue weighted by Crippen LogP contribution is 2.29. The molecular weight excluding hydrogens is 331 g/mol. The quantitative estimate of drug-likeness (QED) is 0.599. The average molecular weight is 348 g/mol. The van der Waals surface area contributed by atoms with E-state index in [0.29, 0.717) is 20.6 Å². The lowest BCUT2D eigenvalue weighted by molar-refractivity contribution is -0.862. The molecule has 1 aromatic carbocycles. The molecule has 0 saturated heterocycles. The maximum atomic E-state index is 11.9. The summed E-state index contributed by atoms with van der Waals surface area (Å²) in [5.74, 6) is -0.833. The summed E-state index contributed by atoms with van der Waals surface area (Å²) < 4.78 is 0. The summed E-state index contributed by atoms with van der Waals surface area (Å²) in [6.45, 7) is -0.0141. The zero-order valence-electron chi connectivity index (χ0n) is 12.1. The number of benzene rings is 1. The van der Waals surface area contributed by atoms with Crippen LogP contribution in [0.15, 0.2) is 18.2 Å². The number of carbonyl (C=O) groups is 3. The molecule has 9 heteroatoms. The molecule has 0 fully saturated rings. The van der Waals surface area contributed by atoms with Crippen LogP contribution in [-0.4, -0.2) is 45.0 Å². The summed E-state index contributed by atoms with van der Waals surface area (Å²) in [5, 5.41) is 7.64. The number of carbonyl (C=O) groups excluding carboxylic acids is 3. The topological polar surface area (TPSA) is 91.7 Å². The van der Waals surface area contributed by atoms with E-state index < -0.39 is 11.9 Å². The molecule has 1 unspecified atom stereocenters. The number of hydrogen-bond donors (Lipinski definition) is 4. The number of quaternary nitrogens is 1. The van der Waals surface area contributed by atoms with Crippen molar-refractivity contribution >= 4 is 46.7 Å². The highest BCUT2D eigenvalue weighted by molar-refractivity contribution is 6.39. The van der Waals surface area contributed by atoms with E-state index in [-0.39, 0.29) is 19.0 Å². The Hall–Kier alpha value is -1.83. The Labute approximate surface area is 137 Å². The van der Waals surface area contributed by atoms with Gasteiger partial charge in [-0.15, -0.1) is 0 Å². The Morgan fingerprint density at radius 3 is 2.18 bits per heavy atom. The minimum absolute atomic E-state index is 0.0166. The molecule has 0 saturated carbocycles. The maximum absolute atomic E-state index is 11.9. The highest BCUT2D eigenvalue weighted by atomic mass is 35.5. The van der Waals surface area contributed by atoms with Crippen LogP contribution < -0.4 is 20.9 Å². The molecule has 1 aromatic rings. The number of nitrogens with one attached hydrogen (secondary N) is 4. The molecule has 0 aliphatic heterocycles. The smallest absolute Gasteiger partial charge is 0.321 e. The van der Waals surface area contributed by atoms with Gasteiger partial charge in [0.2, 0.25) is 0 Å². The van der Waals surface area contributed by atoms with Gasteiger partial charge in [0.1, 0.15) is 0 Å². The Balaban J connectivity index is 2.51. The number of para-hydroxylation sites is 1. The van der Waals surface area contributed by atoms with E-state index in [2.05, 4.69) is 16.0 Å². The van der Waals surface area contributed by atoms with Gasteiger partial charge in [-0.2, -0.15) is 0 Å². The lowest BCUT2D eigenvalue weighted by atomic mass is 10.3. The summed E-state index contributed by atoms with van der Waals surface area (Å²) in [4.78, 5) is 35.0. The molecule has 0 radical (unpaired) electrons. The van der Waals surface area contributed by atoms with Gasteiger partial charge in [-0.05, 0) is 12.1 Å². The zero-order chi connectivity index (χ0) is 16.7. The Morgan fingerprint density at radius 1 is 1.09 bits per heavy atom. The lowest BCUT2D eigenvalue weighted by Crippen LogP contribution is -3.11. The minimum atomic E-state index is -0.592. The van der Waals surface area contributed by atoms with Crippen molar-refractivity contribution in [2.75, 3.05) is 32.5 Å². The van der Waals surface area contributed by atoms with Gasteiger partial charge >= 0.3 is 6.03 Å². The molecule has 120 valence electrons. The number of amides is 4. The summed E-state index contributed by atoms with van der Waals surface area (Å²) in [6, 6.07) is 4.29. The summed E-state index contributed by atoms with van der Waals surface area (Å²) in [6.07, 6.45) is 0. The van der Waals surface area contributed by atoms with E-state index in [1.165, 1.54) is 7.05 Å². The summed E-state index contributed by atoms with van der Waals surface area (Å²) in [7, 11) is 3.05. The molecule has 22 heavy (non-hydrogen) atoms. The van der Waals surface area contributed by atoms with E-state index in [1.54, 1.807) is 25.2 Å². The van der Waals surface area contributed by atoms with Crippen molar-refractivity contribution in [3.05, 3.63) is 28.2 Å². The fourth-order valence-electron chi connectivity index (χ4n) is 1.64. The summed E-state index contributed by atoms with van der Waals surface area (Å²) >= 11 is 11.9. The molecule has 0 bridgehead atoms. The predicted molar refractivity (Wildman–Crippen MR) is 84.3 cm³/mol. The van der Waals surface area contributed by atoms with Crippen molar-refractivity contribution < 1.29 is 19.3 Å². The zero-order valence-corrected chi connectivity index (χ0v) is 13.6. The van der Waals surface area contributed by atoms with Crippen LogP contribution in [0.2, 0.25) is 10.0 Å². The van der Waals surface area contributed by atoms with E-state index in [4.69, 9.17) is 23.2 Å². The number of rotatable bonds is 5. The van der Waals surface area contributed by atoms with Gasteiger partial charge in [-0.1, -0.05) is 29.3 Å². The van der Waals surface area contributed by atoms with Crippen LogP contribution in [0.3, 0.4) is 0 Å². The van der Waals surface area contributed by atoms with E-state index in [1.807, 2.05) is 0 Å². The van der Waals surface area contributed by atoms with Crippen LogP contribution in [0.25, 0.3) is 0 Å². The fourth-order valence-corrected chi connectivity index (χ4v) is 2.14. The number of imide groups is 1. The molecule has 1 atom stereocenters. The minimum Gasteiger partial charge on any atom is -0.341 e. The molecule has 0 aromatic heterocycles. The number of likely N-dealkylation sites (N-methyl/N-ethyl adjacent to an activating group) is 1. The first kappa shape index (κ1) is 18.2. The van der Waals surface area contributed by atoms with Crippen molar-refractivity contribution in [2.45, 2.75) is 0 Å². The third-order valence-electron chi connectivity index (χ3n) is 2.63. The van der Waals surface area contributed by atoms with Crippen molar-refractivity contribution in [3.63, 3.8) is 0 Å². The highest BCUT2D eigenvalue weighted by Gasteiger charge is 2.17. The number of hydrogen-bond acceptors (Lipinski definition) is 3. The maximum Gasteiger partial charge on any atom is 0.321 e. The first-order valence-electron chi connectivity index (χ1n) is 6.40. The second-order valence-electron chi connectivity index (χ2n) is 4.58. The second kappa shape index (κ2) is 8.57. The van der Waals surface area contributed by atoms with Crippen molar-refractivity contribution in [3.8, 4) is 0 Å². The van der Waals surface area contributed by atoms with Crippen LogP contribution in [0.4, 0.5) is 10.5 Å². The van der Waals surface area contributed by atoms with Gasteiger partial charge in [0, 0.05) is 7.05 Å². The van der Waals surface area contributed by atoms with Crippen LogP contribution >= 0.6 is 23.2 Å². The Morgan fingerprint density at radius 2 is 1.64 bits per heavy atom. The van der Waals surface area contributed by atoms with Crippen LogP contribution in [0.1, 0.15) is 0 Å². The van der Waals surface area contributed by atoms with Gasteiger partial charge in [-0.3, -0.25) is 14.9 Å². The fraction of sp³-hybridized carbons (Fsp3) is 0.308. The van der Waals surface area contributed by atoms with Crippen LogP contribution in [0, 0.1) is 0 Å². The molecule has 0 aliphatic carbocycles. The first-order chi connectivity index (χ1) is 10.3. The lowest BCUT2D eigenvalue weighted by Gasteiger charge is -2.14. The van der Waals surface area contributed by atoms with E-state index in [9.17, 15) is 14.4 Å². The molecule has 0 aliphatic rings. The van der Waals surface area contributed by atoms with Gasteiger partial charge in [-0.25, -0.2) is 4.79 Å². The monoisotopic (exact) mass is 347 g/mol. The first-order valence-corrected chi connectivity index (χ1v) is 7.15. The van der Waals surface area contributed by atoms with Gasteiger partial charge in [0.25, 0.3) is 11.8 Å². The third kappa shape index (κ3) is 5.88. The predicted octanol–water partition coefficient (Wildman–Crippen LogP) is -0.0978. The molecule has 0 spiro atoms. The molecular formula is C13H17Cl2N4O3+. The van der Waals surface area contributed by atoms with Gasteiger partial charge in [0.15, 0.2) is 13.1 Å². The Bertz CT molecular complexity index is 560. The standard InChI is InChI=1S/C13H16Cl2N4O3/c1-16-13(22)18-11(21)7-19(2)6-10(20)17-12-8(14)4-3-5-9(12)15/h3-5H,6-7H2,1-2H3,(H,17,20)(H2,16,18,21,22)/p+1. The van der Waals surface area contributed by atoms with Crippen LogP contribution in [-0.2, 0) is 9.59 Å². The normalized spacial score (nSPS) is 11.5. The van der Waals surface area contributed by atoms with E-state index >= 15 is 0 Å². The SMILES string of the molecule is CNC(=O)NC(=O)C[NH+](C)CC(=O)Nc1c(Cl)cccc1Cl. The Kier molecular flexibility index (Phi) is 7.10. The molecule has 7 nitrogen and oxygen atoms in total. The number of halogens is 2. The summed E-state index contributed by atoms with van der Waals surface area (Å²) in [5.41, 5.74) is 0.332. The second-order valence-corrected chi connectivity index (χ2v) is 5.40. The van der Waals surface area contributed by atoms with Gasteiger partial charge in [0.05, 0.1) is 22.8 Å². The number of anilines is 1. The average Bonchev–Trinajstić information content (AvgIpc) is 2.42. The largest absolute Gasteiger partial charge is 0.341 e. The van der Waals surface area contributed by atoms with Crippen LogP contribution in [0.5, 0.6) is 0 Å². The van der Waals surface area contributed by atoms with Crippen molar-refractivity contribution in [1.29, 1.82) is 0 Å². The molecule has 4 amide bonds. The van der Waals surface area contributed by atoms with Crippen molar-refractivity contribution in [2.24, 2.45) is 0 Å². The molecule has 0 heterocycles. The molecule has 1 rings (SSSR count). The third-order valence-corrected chi connectivity index (χ3v) is 3.26. The van der Waals surface area contributed by atoms with Crippen molar-refractivity contribution in [1.82, 2.24) is 10.6 Å². The number of urea groups is 1. The van der Waals surface area contributed by atoms with E-state index in [0.717, 1.165) is 0 Å². The molecule has 4 N–H and O–H groups in total.